The largest absolute Gasteiger partial charge is 0.497 e. The number of rotatable bonds is 7. The van der Waals surface area contributed by atoms with Crippen LogP contribution in [0.4, 0.5) is 5.69 Å². The van der Waals surface area contributed by atoms with Crippen LogP contribution in [-0.4, -0.2) is 26.3 Å². The van der Waals surface area contributed by atoms with Crippen molar-refractivity contribution in [2.75, 3.05) is 20.3 Å². The van der Waals surface area contributed by atoms with Crippen molar-refractivity contribution < 1.29 is 18.3 Å². The van der Waals surface area contributed by atoms with Gasteiger partial charge < -0.3 is 13.8 Å². The predicted octanol–water partition coefficient (Wildman–Crippen LogP) is 3.62. The molecule has 1 aromatic rings. The number of benzene rings is 1. The smallest absolute Gasteiger partial charge is 0.372 e. The molecule has 6 heteroatoms. The van der Waals surface area contributed by atoms with Gasteiger partial charge in [-0.05, 0) is 38.1 Å². The van der Waals surface area contributed by atoms with Crippen molar-refractivity contribution in [3.63, 3.8) is 0 Å². The molecular weight excluding hydrogens is 253 g/mol. The van der Waals surface area contributed by atoms with Crippen LogP contribution in [0.25, 0.3) is 0 Å². The Morgan fingerprint density at radius 2 is 1.72 bits per heavy atom. The van der Waals surface area contributed by atoms with E-state index in [2.05, 4.69) is 4.99 Å². The Morgan fingerprint density at radius 1 is 1.17 bits per heavy atom. The van der Waals surface area contributed by atoms with Gasteiger partial charge >= 0.3 is 7.60 Å². The summed E-state index contributed by atoms with van der Waals surface area (Å²) in [5, 5.41) is 0. The summed E-state index contributed by atoms with van der Waals surface area (Å²) in [6, 6.07) is 7.08. The Kier molecular flexibility index (Phi) is 6.05. The maximum absolute atomic E-state index is 12.1. The molecule has 0 aliphatic heterocycles. The van der Waals surface area contributed by atoms with Crippen LogP contribution in [0.2, 0.25) is 0 Å². The summed E-state index contributed by atoms with van der Waals surface area (Å²) in [6.45, 7) is 4.14. The Balaban J connectivity index is 2.78. The summed E-state index contributed by atoms with van der Waals surface area (Å²) in [5.41, 5.74) is 0.662. The van der Waals surface area contributed by atoms with E-state index < -0.39 is 7.60 Å². The average molecular weight is 271 g/mol. The quantitative estimate of drug-likeness (QED) is 0.561. The molecule has 0 aliphatic carbocycles. The van der Waals surface area contributed by atoms with Gasteiger partial charge in [0.2, 0.25) is 0 Å². The number of hydrogen-bond donors (Lipinski definition) is 0. The summed E-state index contributed by atoms with van der Waals surface area (Å²) in [6.07, 6.45) is 0. The molecule has 18 heavy (non-hydrogen) atoms. The summed E-state index contributed by atoms with van der Waals surface area (Å²) >= 11 is 0. The molecule has 0 N–H and O–H groups in total. The molecule has 0 unspecified atom stereocenters. The van der Waals surface area contributed by atoms with Gasteiger partial charge in [0.25, 0.3) is 0 Å². The Bertz CT molecular complexity index is 420. The summed E-state index contributed by atoms with van der Waals surface area (Å²) in [5.74, 6) is 1.98. The summed E-state index contributed by atoms with van der Waals surface area (Å²) in [4.78, 5) is 4.10. The number of aliphatic imine (C=N–C) groups is 1. The topological polar surface area (TPSA) is 57.1 Å². The molecule has 0 saturated heterocycles. The fourth-order valence-electron chi connectivity index (χ4n) is 1.27. The number of nitrogens with zero attached hydrogens (tertiary/aromatic N) is 1. The lowest BCUT2D eigenvalue weighted by Crippen LogP contribution is -1.96. The molecule has 0 fully saturated rings. The zero-order valence-electron chi connectivity index (χ0n) is 10.8. The highest BCUT2D eigenvalue weighted by molar-refractivity contribution is 7.69. The highest BCUT2D eigenvalue weighted by Gasteiger charge is 2.20. The minimum atomic E-state index is -3.23. The zero-order chi connectivity index (χ0) is 13.4. The number of hydrogen-bond acceptors (Lipinski definition) is 5. The van der Waals surface area contributed by atoms with Crippen molar-refractivity contribution in [3.8, 4) is 5.75 Å². The van der Waals surface area contributed by atoms with Crippen molar-refractivity contribution in [3.05, 3.63) is 24.3 Å². The van der Waals surface area contributed by atoms with Crippen LogP contribution in [-0.2, 0) is 13.6 Å². The summed E-state index contributed by atoms with van der Waals surface area (Å²) < 4.78 is 27.3. The molecule has 0 aromatic heterocycles. The molecule has 0 aliphatic rings. The first kappa shape index (κ1) is 14.9. The number of ether oxygens (including phenoxy) is 1. The van der Waals surface area contributed by atoms with Gasteiger partial charge in [-0.1, -0.05) is 0 Å². The molecule has 0 spiro atoms. The first-order valence-corrected chi connectivity index (χ1v) is 7.32. The van der Waals surface area contributed by atoms with Crippen LogP contribution in [0.15, 0.2) is 29.3 Å². The van der Waals surface area contributed by atoms with E-state index in [9.17, 15) is 4.57 Å². The van der Waals surface area contributed by atoms with Crippen LogP contribution in [0.3, 0.4) is 0 Å². The van der Waals surface area contributed by atoms with Crippen molar-refractivity contribution in [1.82, 2.24) is 0 Å². The first-order valence-electron chi connectivity index (χ1n) is 5.71. The van der Waals surface area contributed by atoms with E-state index in [-0.39, 0.29) is 0 Å². The van der Waals surface area contributed by atoms with Gasteiger partial charge in [0, 0.05) is 0 Å². The van der Waals surface area contributed by atoms with E-state index >= 15 is 0 Å². The van der Waals surface area contributed by atoms with Crippen LogP contribution in [0, 0.1) is 0 Å². The van der Waals surface area contributed by atoms with E-state index in [1.165, 1.54) is 5.96 Å². The Hall–Kier alpha value is -1.16. The fraction of sp³-hybridized carbons (Fsp3) is 0.417. The fourth-order valence-corrected chi connectivity index (χ4v) is 2.47. The molecule has 0 atom stereocenters. The molecule has 0 amide bonds. The molecule has 100 valence electrons. The van der Waals surface area contributed by atoms with Crippen molar-refractivity contribution in [2.45, 2.75) is 13.8 Å². The van der Waals surface area contributed by atoms with Gasteiger partial charge in [-0.15, -0.1) is 0 Å². The van der Waals surface area contributed by atoms with Gasteiger partial charge in [-0.2, -0.15) is 0 Å². The molecule has 0 radical (unpaired) electrons. The zero-order valence-corrected chi connectivity index (χ0v) is 11.7. The van der Waals surface area contributed by atoms with Crippen LogP contribution < -0.4 is 4.74 Å². The monoisotopic (exact) mass is 271 g/mol. The van der Waals surface area contributed by atoms with Crippen LogP contribution in [0.5, 0.6) is 5.75 Å². The average Bonchev–Trinajstić information content (AvgIpc) is 2.38. The lowest BCUT2D eigenvalue weighted by Gasteiger charge is -2.11. The molecule has 1 aromatic carbocycles. The first-order chi connectivity index (χ1) is 8.63. The Morgan fingerprint density at radius 3 is 2.17 bits per heavy atom. The second kappa shape index (κ2) is 7.31. The van der Waals surface area contributed by atoms with Gasteiger partial charge in [0.1, 0.15) is 11.7 Å². The predicted molar refractivity (Wildman–Crippen MR) is 72.0 cm³/mol. The SMILES string of the molecule is CCOP(=O)(C=Nc1ccc(OC)cc1)OCC. The molecule has 0 bridgehead atoms. The van der Waals surface area contributed by atoms with Crippen molar-refractivity contribution >= 4 is 19.2 Å². The van der Waals surface area contributed by atoms with E-state index in [4.69, 9.17) is 13.8 Å². The third-order valence-corrected chi connectivity index (χ3v) is 3.67. The van der Waals surface area contributed by atoms with Gasteiger partial charge in [0.15, 0.2) is 0 Å². The third-order valence-electron chi connectivity index (χ3n) is 2.04. The van der Waals surface area contributed by atoms with Crippen LogP contribution in [0.1, 0.15) is 13.8 Å². The second-order valence-corrected chi connectivity index (χ2v) is 5.14. The second-order valence-electron chi connectivity index (χ2n) is 3.32. The molecule has 0 saturated carbocycles. The third kappa shape index (κ3) is 4.61. The molecule has 0 heterocycles. The van der Waals surface area contributed by atoms with Gasteiger partial charge in [0.05, 0.1) is 26.0 Å². The number of methoxy groups -OCH3 is 1. The minimum absolute atomic E-state index is 0.311. The highest BCUT2D eigenvalue weighted by atomic mass is 31.2. The standard InChI is InChI=1S/C12H18NO4P/c1-4-16-18(14,17-5-2)10-13-11-6-8-12(15-3)9-7-11/h6-10H,4-5H2,1-3H3. The lowest BCUT2D eigenvalue weighted by atomic mass is 10.3. The Labute approximate surface area is 107 Å². The van der Waals surface area contributed by atoms with Crippen LogP contribution >= 0.6 is 7.60 Å². The van der Waals surface area contributed by atoms with E-state index in [0.29, 0.717) is 18.9 Å². The molecule has 1 rings (SSSR count). The van der Waals surface area contributed by atoms with E-state index in [1.807, 2.05) is 0 Å². The molecular formula is C12H18NO4P. The van der Waals surface area contributed by atoms with Gasteiger partial charge in [-0.3, -0.25) is 4.57 Å². The van der Waals surface area contributed by atoms with E-state index in [1.54, 1.807) is 45.2 Å². The minimum Gasteiger partial charge on any atom is -0.497 e. The molecule has 5 nitrogen and oxygen atoms in total. The summed E-state index contributed by atoms with van der Waals surface area (Å²) in [7, 11) is -1.63. The maximum atomic E-state index is 12.1. The van der Waals surface area contributed by atoms with Gasteiger partial charge in [-0.25, -0.2) is 4.99 Å². The van der Waals surface area contributed by atoms with E-state index in [0.717, 1.165) is 5.75 Å². The van der Waals surface area contributed by atoms with Crippen molar-refractivity contribution in [1.29, 1.82) is 0 Å². The van der Waals surface area contributed by atoms with Crippen molar-refractivity contribution in [2.24, 2.45) is 4.99 Å². The lowest BCUT2D eigenvalue weighted by molar-refractivity contribution is 0.233. The highest BCUT2D eigenvalue weighted by Crippen LogP contribution is 2.45. The normalized spacial score (nSPS) is 11.9. The maximum Gasteiger partial charge on any atom is 0.372 e.